The summed E-state index contributed by atoms with van der Waals surface area (Å²) >= 11 is 1.50. The van der Waals surface area contributed by atoms with Gasteiger partial charge in [-0.25, -0.2) is 4.98 Å². The largest absolute Gasteiger partial charge is 0.395 e. The predicted molar refractivity (Wildman–Crippen MR) is 98.4 cm³/mol. The SMILES string of the molecule is Cc1ccc(C)c(NC(=O)Cc2nc(CN(C)C(C)CO)cs2)c1. The quantitative estimate of drug-likeness (QED) is 0.808. The second-order valence-electron chi connectivity index (χ2n) is 6.22. The minimum absolute atomic E-state index is 0.0540. The number of likely N-dealkylation sites (N-methyl/N-ethyl adjacent to an activating group) is 1. The van der Waals surface area contributed by atoms with Crippen LogP contribution in [-0.4, -0.2) is 40.6 Å². The number of aryl methyl sites for hydroxylation is 2. The fourth-order valence-corrected chi connectivity index (χ4v) is 3.04. The third kappa shape index (κ3) is 5.12. The Bertz CT molecular complexity index is 699. The van der Waals surface area contributed by atoms with Crippen molar-refractivity contribution in [2.24, 2.45) is 0 Å². The zero-order valence-corrected chi connectivity index (χ0v) is 15.5. The minimum Gasteiger partial charge on any atom is -0.395 e. The monoisotopic (exact) mass is 347 g/mol. The van der Waals surface area contributed by atoms with E-state index in [0.29, 0.717) is 6.54 Å². The summed E-state index contributed by atoms with van der Waals surface area (Å²) in [6.07, 6.45) is 0.275. The van der Waals surface area contributed by atoms with Crippen molar-refractivity contribution >= 4 is 22.9 Å². The number of thiazole rings is 1. The predicted octanol–water partition coefficient (Wildman–Crippen LogP) is 2.75. The first kappa shape index (κ1) is 18.6. The van der Waals surface area contributed by atoms with Crippen LogP contribution in [0.5, 0.6) is 0 Å². The molecule has 6 heteroatoms. The van der Waals surface area contributed by atoms with Crippen LogP contribution in [0.4, 0.5) is 5.69 Å². The topological polar surface area (TPSA) is 65.5 Å². The van der Waals surface area contributed by atoms with Crippen LogP contribution in [-0.2, 0) is 17.8 Å². The summed E-state index contributed by atoms with van der Waals surface area (Å²) in [6, 6.07) is 6.10. The van der Waals surface area contributed by atoms with Gasteiger partial charge in [0.2, 0.25) is 5.91 Å². The summed E-state index contributed by atoms with van der Waals surface area (Å²) in [7, 11) is 1.95. The molecule has 1 atom stereocenters. The van der Waals surface area contributed by atoms with Crippen LogP contribution in [0.25, 0.3) is 0 Å². The molecule has 0 aliphatic heterocycles. The average Bonchev–Trinajstić information content (AvgIpc) is 2.96. The second kappa shape index (κ2) is 8.37. The lowest BCUT2D eigenvalue weighted by Crippen LogP contribution is -2.31. The first-order valence-corrected chi connectivity index (χ1v) is 8.88. The summed E-state index contributed by atoms with van der Waals surface area (Å²) < 4.78 is 0. The molecule has 1 unspecified atom stereocenters. The molecule has 0 bridgehead atoms. The standard InChI is InChI=1S/C18H25N3O2S/c1-12-5-6-13(2)16(7-12)20-17(23)8-18-19-15(11-24-18)9-21(4)14(3)10-22/h5-7,11,14,22H,8-10H2,1-4H3,(H,20,23). The molecule has 0 saturated carbocycles. The van der Waals surface area contributed by atoms with Gasteiger partial charge >= 0.3 is 0 Å². The van der Waals surface area contributed by atoms with E-state index in [1.54, 1.807) is 0 Å². The van der Waals surface area contributed by atoms with Crippen molar-refractivity contribution in [3.63, 3.8) is 0 Å². The molecule has 0 radical (unpaired) electrons. The van der Waals surface area contributed by atoms with Gasteiger partial charge in [0, 0.05) is 23.7 Å². The molecule has 2 aromatic rings. The number of rotatable bonds is 7. The highest BCUT2D eigenvalue weighted by atomic mass is 32.1. The summed E-state index contributed by atoms with van der Waals surface area (Å²) in [4.78, 5) is 18.8. The van der Waals surface area contributed by atoms with Gasteiger partial charge in [-0.3, -0.25) is 9.69 Å². The number of nitrogens with zero attached hydrogens (tertiary/aromatic N) is 2. The molecule has 130 valence electrons. The van der Waals surface area contributed by atoms with Gasteiger partial charge in [0.1, 0.15) is 5.01 Å². The van der Waals surface area contributed by atoms with Crippen LogP contribution in [0.1, 0.15) is 28.8 Å². The third-order valence-electron chi connectivity index (χ3n) is 4.01. The molecule has 2 rings (SSSR count). The van der Waals surface area contributed by atoms with E-state index in [1.165, 1.54) is 11.3 Å². The summed E-state index contributed by atoms with van der Waals surface area (Å²) in [5.74, 6) is -0.0540. The molecule has 5 nitrogen and oxygen atoms in total. The van der Waals surface area contributed by atoms with Crippen molar-refractivity contribution in [2.75, 3.05) is 19.0 Å². The van der Waals surface area contributed by atoms with E-state index in [2.05, 4.69) is 10.3 Å². The van der Waals surface area contributed by atoms with Crippen LogP contribution < -0.4 is 5.32 Å². The molecule has 2 N–H and O–H groups in total. The second-order valence-corrected chi connectivity index (χ2v) is 7.17. The fourth-order valence-electron chi connectivity index (χ4n) is 2.26. The molecule has 0 aliphatic carbocycles. The Hall–Kier alpha value is -1.76. The number of amides is 1. The zero-order valence-electron chi connectivity index (χ0n) is 14.7. The smallest absolute Gasteiger partial charge is 0.231 e. The van der Waals surface area contributed by atoms with Crippen LogP contribution in [0.2, 0.25) is 0 Å². The first-order chi connectivity index (χ1) is 11.4. The lowest BCUT2D eigenvalue weighted by atomic mass is 10.1. The van der Waals surface area contributed by atoms with E-state index in [9.17, 15) is 9.90 Å². The fraction of sp³-hybridized carbons (Fsp3) is 0.444. The highest BCUT2D eigenvalue weighted by molar-refractivity contribution is 7.09. The average molecular weight is 347 g/mol. The van der Waals surface area contributed by atoms with Gasteiger partial charge in [0.05, 0.1) is 18.7 Å². The van der Waals surface area contributed by atoms with Crippen molar-refractivity contribution < 1.29 is 9.90 Å². The lowest BCUT2D eigenvalue weighted by Gasteiger charge is -2.21. The Morgan fingerprint density at radius 2 is 2.17 bits per heavy atom. The molecule has 1 heterocycles. The van der Waals surface area contributed by atoms with E-state index in [-0.39, 0.29) is 25.0 Å². The van der Waals surface area contributed by atoms with E-state index < -0.39 is 0 Å². The zero-order chi connectivity index (χ0) is 17.7. The van der Waals surface area contributed by atoms with Crippen molar-refractivity contribution in [1.29, 1.82) is 0 Å². The van der Waals surface area contributed by atoms with Crippen molar-refractivity contribution in [3.05, 3.63) is 45.4 Å². The van der Waals surface area contributed by atoms with Crippen molar-refractivity contribution in [2.45, 2.75) is 39.8 Å². The van der Waals surface area contributed by atoms with Gasteiger partial charge in [-0.15, -0.1) is 11.3 Å². The van der Waals surface area contributed by atoms with Crippen LogP contribution in [0.3, 0.4) is 0 Å². The van der Waals surface area contributed by atoms with Gasteiger partial charge in [-0.2, -0.15) is 0 Å². The molecule has 1 amide bonds. The highest BCUT2D eigenvalue weighted by Crippen LogP contribution is 2.18. The highest BCUT2D eigenvalue weighted by Gasteiger charge is 2.13. The molecule has 0 fully saturated rings. The van der Waals surface area contributed by atoms with E-state index in [4.69, 9.17) is 0 Å². The Balaban J connectivity index is 1.94. The number of anilines is 1. The van der Waals surface area contributed by atoms with Crippen LogP contribution in [0.15, 0.2) is 23.6 Å². The normalized spacial score (nSPS) is 12.4. The minimum atomic E-state index is -0.0540. The van der Waals surface area contributed by atoms with Crippen molar-refractivity contribution in [3.8, 4) is 0 Å². The van der Waals surface area contributed by atoms with Crippen molar-refractivity contribution in [1.82, 2.24) is 9.88 Å². The molecular formula is C18H25N3O2S. The Kier molecular flexibility index (Phi) is 6.48. The molecule has 0 spiro atoms. The number of aromatic nitrogens is 1. The first-order valence-electron chi connectivity index (χ1n) is 8.00. The van der Waals surface area contributed by atoms with Gasteiger partial charge in [-0.05, 0) is 45.0 Å². The number of carbonyl (C=O) groups excluding carboxylic acids is 1. The molecule has 0 aliphatic rings. The number of aliphatic hydroxyl groups is 1. The molecule has 24 heavy (non-hydrogen) atoms. The van der Waals surface area contributed by atoms with Gasteiger partial charge in [0.25, 0.3) is 0 Å². The maximum absolute atomic E-state index is 12.2. The summed E-state index contributed by atoms with van der Waals surface area (Å²) in [5.41, 5.74) is 3.95. The summed E-state index contributed by atoms with van der Waals surface area (Å²) in [6.45, 7) is 6.73. The number of carbonyl (C=O) groups is 1. The van der Waals surface area contributed by atoms with Gasteiger partial charge < -0.3 is 10.4 Å². The van der Waals surface area contributed by atoms with Crippen LogP contribution >= 0.6 is 11.3 Å². The Labute approximate surface area is 147 Å². The molecular weight excluding hydrogens is 322 g/mol. The van der Waals surface area contributed by atoms with E-state index >= 15 is 0 Å². The number of nitrogens with one attached hydrogen (secondary N) is 1. The Morgan fingerprint density at radius 1 is 1.42 bits per heavy atom. The maximum atomic E-state index is 12.2. The number of aliphatic hydroxyl groups excluding tert-OH is 1. The van der Waals surface area contributed by atoms with Gasteiger partial charge in [-0.1, -0.05) is 12.1 Å². The van der Waals surface area contributed by atoms with E-state index in [0.717, 1.165) is 27.5 Å². The molecule has 1 aromatic carbocycles. The van der Waals surface area contributed by atoms with Gasteiger partial charge in [0.15, 0.2) is 0 Å². The third-order valence-corrected chi connectivity index (χ3v) is 4.90. The number of benzene rings is 1. The lowest BCUT2D eigenvalue weighted by molar-refractivity contribution is -0.115. The molecule has 0 saturated heterocycles. The number of hydrogen-bond acceptors (Lipinski definition) is 5. The molecule has 1 aromatic heterocycles. The number of hydrogen-bond donors (Lipinski definition) is 2. The van der Waals surface area contributed by atoms with Crippen LogP contribution in [0, 0.1) is 13.8 Å². The summed E-state index contributed by atoms with van der Waals surface area (Å²) in [5, 5.41) is 14.9. The maximum Gasteiger partial charge on any atom is 0.231 e. The Morgan fingerprint density at radius 3 is 2.88 bits per heavy atom. The van der Waals surface area contributed by atoms with E-state index in [1.807, 2.05) is 56.3 Å².